The Kier molecular flexibility index (Phi) is 5.61. The van der Waals surface area contributed by atoms with Gasteiger partial charge in [0, 0.05) is 26.2 Å². The number of nitrogens with zero attached hydrogens (tertiary/aromatic N) is 4. The second kappa shape index (κ2) is 8.16. The first kappa shape index (κ1) is 19.9. The average molecular weight is 431 g/mol. The largest absolute Gasteiger partial charge is 0.462 e. The molecule has 4 rings (SSSR count). The smallest absolute Gasteiger partial charge is 0.348 e. The summed E-state index contributed by atoms with van der Waals surface area (Å²) >= 11 is 7.75. The molecular weight excluding hydrogens is 408 g/mol. The van der Waals surface area contributed by atoms with Gasteiger partial charge in [-0.25, -0.2) is 14.8 Å². The standard InChI is InChI=1S/C21H23ClN4O2S/c1-4-28-21(27)18-13(2)17-19(23-14(3)24-20(17)29-18)26-11-9-25(10-12-26)16-8-6-5-7-15(16)22/h5-8H,4,9-12H2,1-3H3. The van der Waals surface area contributed by atoms with Crippen LogP contribution in [0.25, 0.3) is 10.2 Å². The first-order valence-electron chi connectivity index (χ1n) is 9.69. The van der Waals surface area contributed by atoms with Crippen LogP contribution in [-0.2, 0) is 4.74 Å². The molecule has 0 radical (unpaired) electrons. The maximum atomic E-state index is 12.3. The van der Waals surface area contributed by atoms with Crippen molar-refractivity contribution in [2.24, 2.45) is 0 Å². The lowest BCUT2D eigenvalue weighted by molar-refractivity contribution is 0.0531. The average Bonchev–Trinajstić information content (AvgIpc) is 3.04. The summed E-state index contributed by atoms with van der Waals surface area (Å²) in [5.41, 5.74) is 1.96. The van der Waals surface area contributed by atoms with Crippen LogP contribution in [0.5, 0.6) is 0 Å². The van der Waals surface area contributed by atoms with Gasteiger partial charge in [-0.15, -0.1) is 11.3 Å². The number of anilines is 2. The normalized spacial score (nSPS) is 14.5. The minimum Gasteiger partial charge on any atom is -0.462 e. The van der Waals surface area contributed by atoms with Gasteiger partial charge in [-0.3, -0.25) is 0 Å². The molecule has 0 spiro atoms. The molecule has 0 saturated carbocycles. The predicted octanol–water partition coefficient (Wildman–Crippen LogP) is 4.46. The number of benzene rings is 1. The maximum Gasteiger partial charge on any atom is 0.348 e. The molecule has 1 aliphatic heterocycles. The van der Waals surface area contributed by atoms with E-state index in [0.717, 1.165) is 58.5 Å². The minimum absolute atomic E-state index is 0.292. The number of carbonyl (C=O) groups is 1. The number of aromatic nitrogens is 2. The van der Waals surface area contributed by atoms with E-state index in [1.54, 1.807) is 0 Å². The van der Waals surface area contributed by atoms with Crippen molar-refractivity contribution < 1.29 is 9.53 Å². The summed E-state index contributed by atoms with van der Waals surface area (Å²) in [6, 6.07) is 7.94. The second-order valence-corrected chi connectivity index (χ2v) is 8.38. The fraction of sp³-hybridized carbons (Fsp3) is 0.381. The summed E-state index contributed by atoms with van der Waals surface area (Å²) < 4.78 is 5.22. The predicted molar refractivity (Wildman–Crippen MR) is 119 cm³/mol. The summed E-state index contributed by atoms with van der Waals surface area (Å²) in [6.07, 6.45) is 0. The molecule has 3 aromatic rings. The van der Waals surface area contributed by atoms with Crippen molar-refractivity contribution in [3.05, 3.63) is 45.6 Å². The van der Waals surface area contributed by atoms with Gasteiger partial charge in [0.1, 0.15) is 21.3 Å². The highest BCUT2D eigenvalue weighted by Gasteiger charge is 2.26. The number of para-hydroxylation sites is 1. The van der Waals surface area contributed by atoms with Gasteiger partial charge in [-0.05, 0) is 38.5 Å². The quantitative estimate of drug-likeness (QED) is 0.569. The third kappa shape index (κ3) is 3.76. The van der Waals surface area contributed by atoms with Crippen molar-refractivity contribution in [3.8, 4) is 0 Å². The Morgan fingerprint density at radius 3 is 2.52 bits per heavy atom. The van der Waals surface area contributed by atoms with E-state index in [1.165, 1.54) is 11.3 Å². The molecule has 0 unspecified atom stereocenters. The van der Waals surface area contributed by atoms with E-state index >= 15 is 0 Å². The van der Waals surface area contributed by atoms with Crippen molar-refractivity contribution in [1.29, 1.82) is 0 Å². The number of esters is 1. The number of thiophene rings is 1. The van der Waals surface area contributed by atoms with Crippen LogP contribution in [0.15, 0.2) is 24.3 Å². The first-order chi connectivity index (χ1) is 14.0. The number of halogens is 1. The van der Waals surface area contributed by atoms with Crippen LogP contribution in [0.1, 0.15) is 28.0 Å². The molecule has 152 valence electrons. The lowest BCUT2D eigenvalue weighted by Crippen LogP contribution is -2.47. The number of ether oxygens (including phenoxy) is 1. The van der Waals surface area contributed by atoms with Gasteiger partial charge >= 0.3 is 5.97 Å². The van der Waals surface area contributed by atoms with Crippen LogP contribution in [0.2, 0.25) is 5.02 Å². The summed E-state index contributed by atoms with van der Waals surface area (Å²) in [5, 5.41) is 1.73. The van der Waals surface area contributed by atoms with Crippen LogP contribution < -0.4 is 9.80 Å². The Morgan fingerprint density at radius 1 is 1.14 bits per heavy atom. The van der Waals surface area contributed by atoms with Gasteiger partial charge in [0.15, 0.2) is 0 Å². The highest BCUT2D eigenvalue weighted by Crippen LogP contribution is 2.36. The molecule has 6 nitrogen and oxygen atoms in total. The van der Waals surface area contributed by atoms with E-state index < -0.39 is 0 Å². The Hall–Kier alpha value is -2.38. The van der Waals surface area contributed by atoms with Crippen molar-refractivity contribution in [1.82, 2.24) is 9.97 Å². The summed E-state index contributed by atoms with van der Waals surface area (Å²) in [4.78, 5) is 27.7. The molecule has 3 heterocycles. The van der Waals surface area contributed by atoms with Crippen LogP contribution in [0.4, 0.5) is 11.5 Å². The first-order valence-corrected chi connectivity index (χ1v) is 10.9. The second-order valence-electron chi connectivity index (χ2n) is 6.98. The monoisotopic (exact) mass is 430 g/mol. The molecule has 0 N–H and O–H groups in total. The Labute approximate surface area is 179 Å². The van der Waals surface area contributed by atoms with Gasteiger partial charge in [0.05, 0.1) is 22.7 Å². The third-order valence-corrected chi connectivity index (χ3v) is 6.60. The molecule has 0 bridgehead atoms. The summed E-state index contributed by atoms with van der Waals surface area (Å²) in [6.45, 7) is 9.35. The number of hydrogen-bond acceptors (Lipinski definition) is 7. The number of fused-ring (bicyclic) bond motifs is 1. The number of rotatable bonds is 4. The van der Waals surface area contributed by atoms with Crippen molar-refractivity contribution in [2.45, 2.75) is 20.8 Å². The van der Waals surface area contributed by atoms with Crippen molar-refractivity contribution in [3.63, 3.8) is 0 Å². The zero-order valence-corrected chi connectivity index (χ0v) is 18.3. The molecule has 0 atom stereocenters. The molecule has 1 aromatic carbocycles. The Bertz CT molecular complexity index is 1060. The fourth-order valence-corrected chi connectivity index (χ4v) is 5.08. The molecule has 29 heavy (non-hydrogen) atoms. The van der Waals surface area contributed by atoms with Gasteiger partial charge < -0.3 is 14.5 Å². The van der Waals surface area contributed by atoms with E-state index in [4.69, 9.17) is 21.3 Å². The number of carbonyl (C=O) groups excluding carboxylic acids is 1. The molecule has 1 saturated heterocycles. The minimum atomic E-state index is -0.292. The van der Waals surface area contributed by atoms with Crippen molar-refractivity contribution >= 4 is 50.6 Å². The Morgan fingerprint density at radius 2 is 1.83 bits per heavy atom. The Balaban J connectivity index is 1.64. The highest BCUT2D eigenvalue weighted by molar-refractivity contribution is 7.20. The molecule has 1 aliphatic rings. The lowest BCUT2D eigenvalue weighted by atomic mass is 10.1. The van der Waals surface area contributed by atoms with E-state index in [1.807, 2.05) is 39.0 Å². The van der Waals surface area contributed by atoms with Gasteiger partial charge in [-0.1, -0.05) is 23.7 Å². The molecule has 0 aliphatic carbocycles. The van der Waals surface area contributed by atoms with Gasteiger partial charge in [0.2, 0.25) is 0 Å². The van der Waals surface area contributed by atoms with Crippen molar-refractivity contribution in [2.75, 3.05) is 42.6 Å². The van der Waals surface area contributed by atoms with Gasteiger partial charge in [0.25, 0.3) is 0 Å². The molecule has 8 heteroatoms. The van der Waals surface area contributed by atoms with Gasteiger partial charge in [-0.2, -0.15) is 0 Å². The number of hydrogen-bond donors (Lipinski definition) is 0. The molecule has 2 aromatic heterocycles. The third-order valence-electron chi connectivity index (χ3n) is 5.12. The van der Waals surface area contributed by atoms with Crippen LogP contribution in [-0.4, -0.2) is 48.7 Å². The zero-order chi connectivity index (χ0) is 20.5. The zero-order valence-electron chi connectivity index (χ0n) is 16.7. The number of aryl methyl sites for hydroxylation is 2. The fourth-order valence-electron chi connectivity index (χ4n) is 3.71. The van der Waals surface area contributed by atoms with Crippen LogP contribution >= 0.6 is 22.9 Å². The molecule has 1 fully saturated rings. The highest BCUT2D eigenvalue weighted by atomic mass is 35.5. The van der Waals surface area contributed by atoms with Crippen LogP contribution in [0, 0.1) is 13.8 Å². The topological polar surface area (TPSA) is 58.6 Å². The van der Waals surface area contributed by atoms with E-state index in [-0.39, 0.29) is 5.97 Å². The van der Waals surface area contributed by atoms with E-state index in [0.29, 0.717) is 17.3 Å². The summed E-state index contributed by atoms with van der Waals surface area (Å²) in [7, 11) is 0. The molecular formula is C21H23ClN4O2S. The SMILES string of the molecule is CCOC(=O)c1sc2nc(C)nc(N3CCN(c4ccccc4Cl)CC3)c2c1C. The van der Waals surface area contributed by atoms with E-state index in [9.17, 15) is 4.79 Å². The van der Waals surface area contributed by atoms with E-state index in [2.05, 4.69) is 20.9 Å². The van der Waals surface area contributed by atoms with Crippen LogP contribution in [0.3, 0.4) is 0 Å². The maximum absolute atomic E-state index is 12.3. The number of piperazine rings is 1. The summed E-state index contributed by atoms with van der Waals surface area (Å²) in [5.74, 6) is 1.31. The molecule has 0 amide bonds. The lowest BCUT2D eigenvalue weighted by Gasteiger charge is -2.37.